The number of hydrogen-bond acceptors (Lipinski definition) is 9. The minimum Gasteiger partial charge on any atom is -0.494 e. The van der Waals surface area contributed by atoms with E-state index in [1.54, 1.807) is 17.9 Å². The Morgan fingerprint density at radius 3 is 2.54 bits per heavy atom. The molecule has 204 valence electrons. The van der Waals surface area contributed by atoms with E-state index in [1.807, 2.05) is 0 Å². The number of rotatable bonds is 5. The molecule has 1 atom stereocenters. The number of methoxy groups -OCH3 is 1. The molecule has 0 aliphatic carbocycles. The van der Waals surface area contributed by atoms with Gasteiger partial charge in [-0.3, -0.25) is 14.8 Å². The Balaban J connectivity index is 1.49. The summed E-state index contributed by atoms with van der Waals surface area (Å²) in [4.78, 5) is 31.5. The highest BCUT2D eigenvalue weighted by Gasteiger charge is 2.39. The number of nitrogens with two attached hydrogens (primary N) is 1. The van der Waals surface area contributed by atoms with Gasteiger partial charge in [0.1, 0.15) is 22.6 Å². The van der Waals surface area contributed by atoms with Gasteiger partial charge in [0.25, 0.3) is 5.91 Å². The number of aromatic nitrogens is 4. The lowest BCUT2D eigenvalue weighted by molar-refractivity contribution is -0.140. The number of piperidine rings is 1. The van der Waals surface area contributed by atoms with Gasteiger partial charge in [-0.1, -0.05) is 0 Å². The van der Waals surface area contributed by atoms with Gasteiger partial charge in [0, 0.05) is 36.4 Å². The molecule has 1 aliphatic rings. The van der Waals surface area contributed by atoms with Crippen molar-refractivity contribution >= 4 is 16.8 Å². The number of carbonyl (C=O) groups is 1. The summed E-state index contributed by atoms with van der Waals surface area (Å²) in [5.74, 6) is -0.158. The first-order chi connectivity index (χ1) is 18.5. The third-order valence-electron chi connectivity index (χ3n) is 6.75. The Morgan fingerprint density at radius 2 is 1.92 bits per heavy atom. The molecule has 3 aromatic heterocycles. The molecular weight excluding hydrogens is 517 g/mol. The van der Waals surface area contributed by atoms with Crippen LogP contribution < -0.4 is 10.5 Å². The summed E-state index contributed by atoms with van der Waals surface area (Å²) in [6.07, 6.45) is 0.353. The van der Waals surface area contributed by atoms with Crippen LogP contribution in [0, 0.1) is 0 Å². The molecule has 0 radical (unpaired) electrons. The molecule has 13 heteroatoms. The number of halogens is 3. The second kappa shape index (κ2) is 9.89. The normalized spacial score (nSPS) is 16.3. The highest BCUT2D eigenvalue weighted by molar-refractivity contribution is 5.98. The average Bonchev–Trinajstić information content (AvgIpc) is 3.38. The first-order valence-corrected chi connectivity index (χ1v) is 12.1. The molecule has 1 amide bonds. The molecular formula is C26H25F3N6O4. The average molecular weight is 543 g/mol. The van der Waals surface area contributed by atoms with E-state index < -0.39 is 29.4 Å². The van der Waals surface area contributed by atoms with Crippen molar-refractivity contribution in [1.29, 1.82) is 0 Å². The van der Waals surface area contributed by atoms with Crippen molar-refractivity contribution in [1.82, 2.24) is 24.8 Å². The van der Waals surface area contributed by atoms with Gasteiger partial charge in [0.2, 0.25) is 5.89 Å². The second-order valence-corrected chi connectivity index (χ2v) is 9.34. The van der Waals surface area contributed by atoms with Crippen LogP contribution in [0.1, 0.15) is 53.4 Å². The maximum atomic E-state index is 13.5. The van der Waals surface area contributed by atoms with Crippen molar-refractivity contribution in [3.8, 4) is 17.2 Å². The Bertz CT molecular complexity index is 1520. The van der Waals surface area contributed by atoms with Crippen LogP contribution >= 0.6 is 0 Å². The number of benzene rings is 1. The minimum absolute atomic E-state index is 0.00576. The van der Waals surface area contributed by atoms with E-state index in [9.17, 15) is 23.1 Å². The van der Waals surface area contributed by atoms with E-state index in [-0.39, 0.29) is 54.5 Å². The van der Waals surface area contributed by atoms with Gasteiger partial charge in [0.15, 0.2) is 11.5 Å². The molecule has 39 heavy (non-hydrogen) atoms. The number of carbonyl (C=O) groups excluding carboxylic acids is 1. The highest BCUT2D eigenvalue weighted by atomic mass is 19.4. The molecule has 0 saturated carbocycles. The Labute approximate surface area is 220 Å². The van der Waals surface area contributed by atoms with Gasteiger partial charge in [0.05, 0.1) is 25.0 Å². The van der Waals surface area contributed by atoms with Crippen molar-refractivity contribution in [2.45, 2.75) is 37.6 Å². The number of likely N-dealkylation sites (tertiary alicyclic amines) is 1. The molecule has 0 unspecified atom stereocenters. The van der Waals surface area contributed by atoms with E-state index in [4.69, 9.17) is 14.9 Å². The predicted molar refractivity (Wildman–Crippen MR) is 132 cm³/mol. The fourth-order valence-corrected chi connectivity index (χ4v) is 4.64. The number of hydrogen-bond donors (Lipinski definition) is 2. The van der Waals surface area contributed by atoms with Crippen LogP contribution in [0.25, 0.3) is 22.4 Å². The van der Waals surface area contributed by atoms with Crippen molar-refractivity contribution in [3.05, 3.63) is 65.7 Å². The summed E-state index contributed by atoms with van der Waals surface area (Å²) < 4.78 is 51.1. The molecule has 0 spiro atoms. The smallest absolute Gasteiger partial charge is 0.433 e. The van der Waals surface area contributed by atoms with E-state index in [0.29, 0.717) is 16.6 Å². The number of oxazole rings is 1. The Morgan fingerprint density at radius 1 is 1.18 bits per heavy atom. The highest BCUT2D eigenvalue weighted by Crippen LogP contribution is 2.38. The van der Waals surface area contributed by atoms with Gasteiger partial charge in [-0.2, -0.15) is 13.2 Å². The summed E-state index contributed by atoms with van der Waals surface area (Å²) in [5, 5.41) is 11.3. The van der Waals surface area contributed by atoms with Gasteiger partial charge in [-0.25, -0.2) is 9.97 Å². The zero-order valence-corrected chi connectivity index (χ0v) is 21.1. The van der Waals surface area contributed by atoms with Gasteiger partial charge in [-0.05, 0) is 44.0 Å². The van der Waals surface area contributed by atoms with Crippen molar-refractivity contribution in [2.75, 3.05) is 20.2 Å². The molecule has 3 N–H and O–H groups in total. The van der Waals surface area contributed by atoms with Gasteiger partial charge >= 0.3 is 6.18 Å². The maximum absolute atomic E-state index is 13.5. The fourth-order valence-electron chi connectivity index (χ4n) is 4.64. The standard InChI is InChI=1S/C26H25F3N6O4/c1-14(30)22-21(24(36)35-11-7-25(37,8-12-35)19-13-31-9-10-32-19)34-23(39-22)16-3-5-17(38-2)20-15(16)4-6-18(33-20)26(27,28)29/h3-6,9-10,13-14,37H,7-8,11-12,30H2,1-2H3/t14-/m0/s1. The summed E-state index contributed by atoms with van der Waals surface area (Å²) in [5.41, 5.74) is 4.54. The van der Waals surface area contributed by atoms with Crippen LogP contribution in [0.2, 0.25) is 0 Å². The molecule has 4 heterocycles. The van der Waals surface area contributed by atoms with Gasteiger partial charge in [-0.15, -0.1) is 0 Å². The summed E-state index contributed by atoms with van der Waals surface area (Å²) in [6.45, 7) is 2.08. The molecule has 1 aliphatic heterocycles. The monoisotopic (exact) mass is 542 g/mol. The maximum Gasteiger partial charge on any atom is 0.433 e. The molecule has 5 rings (SSSR count). The number of ether oxygens (including phenoxy) is 1. The van der Waals surface area contributed by atoms with Crippen molar-refractivity contribution in [2.24, 2.45) is 5.73 Å². The predicted octanol–water partition coefficient (Wildman–Crippen LogP) is 3.85. The number of aliphatic hydroxyl groups is 1. The van der Waals surface area contributed by atoms with Crippen molar-refractivity contribution in [3.63, 3.8) is 0 Å². The van der Waals surface area contributed by atoms with Crippen LogP contribution in [0.3, 0.4) is 0 Å². The largest absolute Gasteiger partial charge is 0.494 e. The van der Waals surface area contributed by atoms with E-state index in [1.165, 1.54) is 37.8 Å². The molecule has 1 saturated heterocycles. The number of fused-ring (bicyclic) bond motifs is 1. The number of amides is 1. The van der Waals surface area contributed by atoms with Crippen LogP contribution in [0.5, 0.6) is 5.75 Å². The molecule has 4 aromatic rings. The molecule has 1 aromatic carbocycles. The van der Waals surface area contributed by atoms with Crippen LogP contribution in [-0.2, 0) is 11.8 Å². The lowest BCUT2D eigenvalue weighted by Crippen LogP contribution is -2.46. The SMILES string of the molecule is COc1ccc(-c2nc(C(=O)N3CCC(O)(c4cnccn4)CC3)c([C@H](C)N)o2)c2ccc(C(F)(F)F)nc12. The summed E-state index contributed by atoms with van der Waals surface area (Å²) in [6, 6.07) is 4.45. The van der Waals surface area contributed by atoms with E-state index in [0.717, 1.165) is 6.07 Å². The molecule has 1 fully saturated rings. The second-order valence-electron chi connectivity index (χ2n) is 9.34. The molecule has 0 bridgehead atoms. The van der Waals surface area contributed by atoms with E-state index in [2.05, 4.69) is 19.9 Å². The van der Waals surface area contributed by atoms with E-state index >= 15 is 0 Å². The zero-order valence-electron chi connectivity index (χ0n) is 21.1. The summed E-state index contributed by atoms with van der Waals surface area (Å²) in [7, 11) is 1.33. The number of nitrogens with zero attached hydrogens (tertiary/aromatic N) is 5. The third kappa shape index (κ3) is 4.90. The lowest BCUT2D eigenvalue weighted by Gasteiger charge is -2.37. The fraction of sp³-hybridized carbons (Fsp3) is 0.346. The number of pyridine rings is 1. The molecule has 10 nitrogen and oxygen atoms in total. The summed E-state index contributed by atoms with van der Waals surface area (Å²) >= 11 is 0. The Kier molecular flexibility index (Phi) is 6.72. The third-order valence-corrected chi connectivity index (χ3v) is 6.75. The topological polar surface area (TPSA) is 140 Å². The minimum atomic E-state index is -4.65. The Hall–Kier alpha value is -4.10. The first kappa shape index (κ1) is 26.5. The number of alkyl halides is 3. The first-order valence-electron chi connectivity index (χ1n) is 12.1. The van der Waals surface area contributed by atoms with Crippen LogP contribution in [0.15, 0.2) is 47.3 Å². The lowest BCUT2D eigenvalue weighted by atomic mass is 9.88. The van der Waals surface area contributed by atoms with Crippen molar-refractivity contribution < 1.29 is 32.2 Å². The zero-order chi connectivity index (χ0) is 27.9. The quantitative estimate of drug-likeness (QED) is 0.385. The van der Waals surface area contributed by atoms with Crippen LogP contribution in [0.4, 0.5) is 13.2 Å². The van der Waals surface area contributed by atoms with Gasteiger partial charge < -0.3 is 24.9 Å². The van der Waals surface area contributed by atoms with Crippen LogP contribution in [-0.4, -0.2) is 56.0 Å².